The third-order valence-electron chi connectivity index (χ3n) is 3.63. The Morgan fingerprint density at radius 3 is 2.65 bits per heavy atom. The number of nitrogens with one attached hydrogen (secondary N) is 2. The van der Waals surface area contributed by atoms with Crippen LogP contribution in [0.25, 0.3) is 0 Å². The number of carbonyl (C=O) groups excluding carboxylic acids is 1. The normalized spacial score (nSPS) is 18.5. The molecule has 0 fully saturated rings. The van der Waals surface area contributed by atoms with E-state index in [-0.39, 0.29) is 29.4 Å². The van der Waals surface area contributed by atoms with E-state index in [4.69, 9.17) is 0 Å². The van der Waals surface area contributed by atoms with Crippen LogP contribution in [0.1, 0.15) is 5.56 Å². The van der Waals surface area contributed by atoms with Gasteiger partial charge in [0, 0.05) is 12.7 Å². The van der Waals surface area contributed by atoms with Crippen LogP contribution in [0.15, 0.2) is 52.6 Å². The van der Waals surface area contributed by atoms with Gasteiger partial charge < -0.3 is 4.90 Å². The van der Waals surface area contributed by atoms with Crippen LogP contribution in [0.5, 0.6) is 0 Å². The van der Waals surface area contributed by atoms with Crippen LogP contribution in [-0.4, -0.2) is 37.4 Å². The summed E-state index contributed by atoms with van der Waals surface area (Å²) in [5.74, 6) is -0.679. The lowest BCUT2D eigenvalue weighted by molar-refractivity contribution is -0.137. The van der Waals surface area contributed by atoms with Crippen molar-refractivity contribution in [2.24, 2.45) is 4.40 Å². The van der Waals surface area contributed by atoms with Gasteiger partial charge in [-0.3, -0.25) is 15.6 Å². The summed E-state index contributed by atoms with van der Waals surface area (Å²) < 4.78 is 65.3. The van der Waals surface area contributed by atoms with E-state index in [1.807, 2.05) is 0 Å². The van der Waals surface area contributed by atoms with Crippen molar-refractivity contribution in [3.63, 3.8) is 0 Å². The number of hydrogen-bond acceptors (Lipinski definition) is 5. The predicted molar refractivity (Wildman–Crippen MR) is 88.4 cm³/mol. The molecule has 2 heterocycles. The highest BCUT2D eigenvalue weighted by Gasteiger charge is 2.33. The first-order valence-electron chi connectivity index (χ1n) is 7.37. The first-order chi connectivity index (χ1) is 12.2. The summed E-state index contributed by atoms with van der Waals surface area (Å²) in [4.78, 5) is 13.7. The molecule has 1 aromatic carbocycles. The molecule has 0 spiro atoms. The molecule has 0 aromatic heterocycles. The van der Waals surface area contributed by atoms with Crippen molar-refractivity contribution in [2.75, 3.05) is 17.7 Å². The van der Waals surface area contributed by atoms with Crippen LogP contribution in [0.2, 0.25) is 0 Å². The number of carbonyl (C=O) groups is 1. The Morgan fingerprint density at radius 1 is 1.19 bits per heavy atom. The highest BCUT2D eigenvalue weighted by Crippen LogP contribution is 2.34. The Hall–Kier alpha value is -2.82. The summed E-state index contributed by atoms with van der Waals surface area (Å²) in [6.45, 7) is 0.132. The van der Waals surface area contributed by atoms with Crippen LogP contribution < -0.4 is 10.9 Å². The lowest BCUT2D eigenvalue weighted by Gasteiger charge is -2.27. The smallest absolute Gasteiger partial charge is 0.330 e. The van der Waals surface area contributed by atoms with Crippen molar-refractivity contribution in [2.45, 2.75) is 6.18 Å². The Bertz CT molecular complexity index is 936. The van der Waals surface area contributed by atoms with Crippen LogP contribution in [0.4, 0.5) is 18.9 Å². The van der Waals surface area contributed by atoms with Gasteiger partial charge in [0.25, 0.3) is 15.9 Å². The third-order valence-corrected chi connectivity index (χ3v) is 4.79. The molecular weight excluding hydrogens is 373 g/mol. The van der Waals surface area contributed by atoms with Crippen LogP contribution in [0, 0.1) is 0 Å². The SMILES string of the molecule is O=C(NNc1ccccc1C(F)(F)F)C1=CN2CCS(=O)(=O)N=C2C=C1. The lowest BCUT2D eigenvalue weighted by atomic mass is 10.1. The number of nitrogens with zero attached hydrogens (tertiary/aromatic N) is 2. The van der Waals surface area contributed by atoms with Gasteiger partial charge in [0.15, 0.2) is 0 Å². The second-order valence-electron chi connectivity index (χ2n) is 5.47. The average molecular weight is 386 g/mol. The fourth-order valence-corrected chi connectivity index (χ4v) is 3.34. The molecule has 0 saturated heterocycles. The zero-order valence-electron chi connectivity index (χ0n) is 13.1. The number of sulfonamides is 1. The Morgan fingerprint density at radius 2 is 1.92 bits per heavy atom. The number of alkyl halides is 3. The zero-order chi connectivity index (χ0) is 18.9. The average Bonchev–Trinajstić information content (AvgIpc) is 2.58. The maximum atomic E-state index is 12.9. The Labute approximate surface area is 146 Å². The number of rotatable bonds is 3. The van der Waals surface area contributed by atoms with Crippen molar-refractivity contribution in [3.8, 4) is 0 Å². The van der Waals surface area contributed by atoms with Gasteiger partial charge in [0.1, 0.15) is 5.84 Å². The molecule has 26 heavy (non-hydrogen) atoms. The van der Waals surface area contributed by atoms with E-state index in [0.717, 1.165) is 6.07 Å². The number of anilines is 1. The van der Waals surface area contributed by atoms with Gasteiger partial charge in [0.2, 0.25) is 0 Å². The predicted octanol–water partition coefficient (Wildman–Crippen LogP) is 1.65. The summed E-state index contributed by atoms with van der Waals surface area (Å²) in [6.07, 6.45) is -0.485. The first-order valence-corrected chi connectivity index (χ1v) is 8.98. The van der Waals surface area contributed by atoms with E-state index in [1.54, 1.807) is 0 Å². The number of hydrogen-bond donors (Lipinski definition) is 2. The summed E-state index contributed by atoms with van der Waals surface area (Å²) >= 11 is 0. The van der Waals surface area contributed by atoms with Crippen molar-refractivity contribution in [1.29, 1.82) is 0 Å². The van der Waals surface area contributed by atoms with Gasteiger partial charge in [-0.2, -0.15) is 13.2 Å². The molecule has 2 aliphatic heterocycles. The summed E-state index contributed by atoms with van der Waals surface area (Å²) in [5.41, 5.74) is 3.40. The van der Waals surface area contributed by atoms with E-state index >= 15 is 0 Å². The van der Waals surface area contributed by atoms with Crippen LogP contribution in [-0.2, 0) is 21.0 Å². The molecule has 1 amide bonds. The molecule has 0 radical (unpaired) electrons. The molecule has 0 unspecified atom stereocenters. The monoisotopic (exact) mass is 386 g/mol. The molecule has 1 aromatic rings. The fraction of sp³-hybridized carbons (Fsp3) is 0.200. The molecule has 138 valence electrons. The maximum Gasteiger partial charge on any atom is 0.418 e. The van der Waals surface area contributed by atoms with Gasteiger partial charge in [-0.05, 0) is 24.3 Å². The molecule has 11 heteroatoms. The Balaban J connectivity index is 1.71. The van der Waals surface area contributed by atoms with Crippen molar-refractivity contribution < 1.29 is 26.4 Å². The number of benzene rings is 1. The van der Waals surface area contributed by atoms with Crippen LogP contribution in [0.3, 0.4) is 0 Å². The minimum atomic E-state index is -4.57. The number of fused-ring (bicyclic) bond motifs is 1. The topological polar surface area (TPSA) is 90.9 Å². The number of halogens is 3. The van der Waals surface area contributed by atoms with Gasteiger partial charge >= 0.3 is 6.18 Å². The molecule has 0 saturated carbocycles. The molecule has 0 atom stereocenters. The number of para-hydroxylation sites is 1. The second-order valence-corrected chi connectivity index (χ2v) is 7.22. The van der Waals surface area contributed by atoms with Gasteiger partial charge in [0.05, 0.1) is 22.6 Å². The van der Waals surface area contributed by atoms with Gasteiger partial charge in [-0.1, -0.05) is 12.1 Å². The van der Waals surface area contributed by atoms with E-state index in [0.29, 0.717) is 0 Å². The minimum Gasteiger partial charge on any atom is -0.330 e. The van der Waals surface area contributed by atoms with Crippen molar-refractivity contribution in [1.82, 2.24) is 10.3 Å². The second kappa shape index (κ2) is 6.48. The number of amides is 1. The summed E-state index contributed by atoms with van der Waals surface area (Å²) in [5, 5.41) is 0. The third kappa shape index (κ3) is 3.87. The largest absolute Gasteiger partial charge is 0.418 e. The standard InChI is InChI=1S/C15H13F3N4O3S/c16-15(17,18)11-3-1-2-4-12(11)19-20-14(23)10-5-6-13-21-26(24,25)8-7-22(13)9-10/h1-6,9,19H,7-8H2,(H,20,23). The van der Waals surface area contributed by atoms with Gasteiger partial charge in [-0.15, -0.1) is 4.40 Å². The molecular formula is C15H13F3N4O3S. The summed E-state index contributed by atoms with van der Waals surface area (Å²) in [7, 11) is -3.51. The minimum absolute atomic E-state index is 0.132. The first kappa shape index (κ1) is 18.0. The molecule has 0 aliphatic carbocycles. The van der Waals surface area contributed by atoms with Crippen LogP contribution >= 0.6 is 0 Å². The Kier molecular flexibility index (Phi) is 4.48. The van der Waals surface area contributed by atoms with E-state index in [2.05, 4.69) is 15.2 Å². The van der Waals surface area contributed by atoms with Crippen molar-refractivity contribution >= 4 is 27.5 Å². The quantitative estimate of drug-likeness (QED) is 0.771. The molecule has 2 aliphatic rings. The van der Waals surface area contributed by atoms with Gasteiger partial charge in [-0.25, -0.2) is 8.42 Å². The lowest BCUT2D eigenvalue weighted by Crippen LogP contribution is -2.39. The zero-order valence-corrected chi connectivity index (χ0v) is 13.9. The van der Waals surface area contributed by atoms with Crippen molar-refractivity contribution in [3.05, 3.63) is 53.8 Å². The molecule has 0 bridgehead atoms. The maximum absolute atomic E-state index is 12.9. The highest BCUT2D eigenvalue weighted by atomic mass is 32.2. The molecule has 7 nitrogen and oxygen atoms in total. The highest BCUT2D eigenvalue weighted by molar-refractivity contribution is 7.90. The number of amidine groups is 1. The number of hydrazine groups is 1. The summed E-state index contributed by atoms with van der Waals surface area (Å²) in [6, 6.07) is 4.73. The molecule has 2 N–H and O–H groups in total. The van der Waals surface area contributed by atoms with E-state index < -0.39 is 27.7 Å². The fourth-order valence-electron chi connectivity index (χ4n) is 2.37. The molecule has 3 rings (SSSR count). The van der Waals surface area contributed by atoms with E-state index in [1.165, 1.54) is 41.5 Å². The van der Waals surface area contributed by atoms with E-state index in [9.17, 15) is 26.4 Å².